The number of hydrogen-bond acceptors (Lipinski definition) is 2. The molecule has 0 atom stereocenters. The van der Waals surface area contributed by atoms with Crippen LogP contribution in [0.3, 0.4) is 0 Å². The van der Waals surface area contributed by atoms with E-state index in [9.17, 15) is 0 Å². The van der Waals surface area contributed by atoms with E-state index >= 15 is 0 Å². The molecule has 0 aliphatic heterocycles. The molecule has 0 aliphatic carbocycles. The van der Waals surface area contributed by atoms with E-state index in [0.717, 1.165) is 11.4 Å². The van der Waals surface area contributed by atoms with Crippen molar-refractivity contribution < 1.29 is 0 Å². The predicted octanol–water partition coefficient (Wildman–Crippen LogP) is 1.74. The second-order valence-electron chi connectivity index (χ2n) is 1.82. The molecule has 2 heteroatoms. The Morgan fingerprint density at radius 3 is 1.20 bits per heavy atom. The molecule has 2 nitrogen and oxygen atoms in total. The Morgan fingerprint density at radius 2 is 1.10 bits per heavy atom. The summed E-state index contributed by atoms with van der Waals surface area (Å²) in [6.07, 6.45) is 3.55. The number of nitrogens with two attached hydrogens (primary N) is 2. The Bertz CT molecular complexity index is 99.2. The molecule has 0 heterocycles. The fourth-order valence-corrected chi connectivity index (χ4v) is 0.263. The van der Waals surface area contributed by atoms with E-state index in [0.29, 0.717) is 0 Å². The Labute approximate surface area is 63.6 Å². The average molecular weight is 142 g/mol. The normalized spacial score (nSPS) is 12.0. The molecule has 4 N–H and O–H groups in total. The van der Waals surface area contributed by atoms with Crippen LogP contribution in [0.5, 0.6) is 0 Å². The lowest BCUT2D eigenvalue weighted by Gasteiger charge is -1.85. The van der Waals surface area contributed by atoms with Crippen molar-refractivity contribution in [1.82, 2.24) is 0 Å². The number of hydrogen-bond donors (Lipinski definition) is 2. The largest absolute Gasteiger partial charge is 0.402 e. The Kier molecular flexibility index (Phi) is 9.56. The van der Waals surface area contributed by atoms with E-state index < -0.39 is 0 Å². The molecule has 0 fully saturated rings. The molecule has 0 radical (unpaired) electrons. The molecule has 0 rings (SSSR count). The molecule has 60 valence electrons. The van der Waals surface area contributed by atoms with E-state index in [-0.39, 0.29) is 0 Å². The Hall–Kier alpha value is -0.920. The van der Waals surface area contributed by atoms with Gasteiger partial charge in [0.15, 0.2) is 0 Å². The summed E-state index contributed by atoms with van der Waals surface area (Å²) in [4.78, 5) is 0. The van der Waals surface area contributed by atoms with Crippen LogP contribution >= 0.6 is 0 Å². The third-order valence-electron chi connectivity index (χ3n) is 0.609. The highest BCUT2D eigenvalue weighted by atomic mass is 14.6. The van der Waals surface area contributed by atoms with Crippen LogP contribution in [0.1, 0.15) is 27.7 Å². The van der Waals surface area contributed by atoms with Gasteiger partial charge >= 0.3 is 0 Å². The van der Waals surface area contributed by atoms with Crippen molar-refractivity contribution in [3.8, 4) is 0 Å². The van der Waals surface area contributed by atoms with E-state index in [1.165, 1.54) is 0 Å². The molecular weight excluding hydrogens is 124 g/mol. The molecular formula is C8H18N2. The highest BCUT2D eigenvalue weighted by Gasteiger charge is 1.72. The van der Waals surface area contributed by atoms with Crippen molar-refractivity contribution in [2.45, 2.75) is 27.7 Å². The van der Waals surface area contributed by atoms with Crippen molar-refractivity contribution in [3.63, 3.8) is 0 Å². The van der Waals surface area contributed by atoms with E-state index in [2.05, 4.69) is 0 Å². The molecule has 0 unspecified atom stereocenters. The molecule has 0 amide bonds. The highest BCUT2D eigenvalue weighted by molar-refractivity contribution is 5.10. The smallest absolute Gasteiger partial charge is 0.00495 e. The van der Waals surface area contributed by atoms with Gasteiger partial charge in [-0.15, -0.1) is 0 Å². The van der Waals surface area contributed by atoms with Crippen LogP contribution < -0.4 is 11.5 Å². The molecule has 0 saturated carbocycles. The van der Waals surface area contributed by atoms with Gasteiger partial charge in [-0.1, -0.05) is 13.8 Å². The van der Waals surface area contributed by atoms with Crippen LogP contribution in [-0.4, -0.2) is 0 Å². The fourth-order valence-electron chi connectivity index (χ4n) is 0.263. The van der Waals surface area contributed by atoms with Crippen molar-refractivity contribution in [2.75, 3.05) is 0 Å². The minimum absolute atomic E-state index is 0.773. The van der Waals surface area contributed by atoms with Gasteiger partial charge in [0, 0.05) is 11.4 Å². The van der Waals surface area contributed by atoms with Gasteiger partial charge in [-0.25, -0.2) is 0 Å². The summed E-state index contributed by atoms with van der Waals surface area (Å²) in [5.41, 5.74) is 12.1. The van der Waals surface area contributed by atoms with Gasteiger partial charge in [-0.05, 0) is 26.0 Å². The van der Waals surface area contributed by atoms with Crippen molar-refractivity contribution in [3.05, 3.63) is 23.5 Å². The second-order valence-corrected chi connectivity index (χ2v) is 1.82. The fraction of sp³-hybridized carbons (Fsp3) is 0.500. The summed E-state index contributed by atoms with van der Waals surface area (Å²) < 4.78 is 0. The zero-order valence-corrected chi connectivity index (χ0v) is 7.31. The van der Waals surface area contributed by atoms with Crippen LogP contribution in [0.15, 0.2) is 23.5 Å². The van der Waals surface area contributed by atoms with Crippen molar-refractivity contribution in [2.24, 2.45) is 11.5 Å². The van der Waals surface area contributed by atoms with E-state index in [4.69, 9.17) is 11.5 Å². The van der Waals surface area contributed by atoms with Crippen LogP contribution in [-0.2, 0) is 0 Å². The van der Waals surface area contributed by atoms with Crippen LogP contribution in [0.4, 0.5) is 0 Å². The summed E-state index contributed by atoms with van der Waals surface area (Å²) in [6, 6.07) is 0. The molecule has 0 aromatic rings. The lowest BCUT2D eigenvalue weighted by Crippen LogP contribution is -1.91. The maximum Gasteiger partial charge on any atom is 0.00495 e. The SMILES string of the molecule is C/C(N)=C\C=C(/C)N.CC. The van der Waals surface area contributed by atoms with Crippen LogP contribution in [0.2, 0.25) is 0 Å². The maximum absolute atomic E-state index is 5.30. The van der Waals surface area contributed by atoms with Crippen molar-refractivity contribution >= 4 is 0 Å². The first kappa shape index (κ1) is 11.8. The van der Waals surface area contributed by atoms with Crippen molar-refractivity contribution in [1.29, 1.82) is 0 Å². The summed E-state index contributed by atoms with van der Waals surface area (Å²) in [5, 5.41) is 0. The van der Waals surface area contributed by atoms with Crippen LogP contribution in [0.25, 0.3) is 0 Å². The first-order valence-electron chi connectivity index (χ1n) is 3.49. The van der Waals surface area contributed by atoms with E-state index in [1.54, 1.807) is 12.2 Å². The lowest BCUT2D eigenvalue weighted by atomic mass is 10.4. The number of rotatable bonds is 1. The quantitative estimate of drug-likeness (QED) is 0.548. The van der Waals surface area contributed by atoms with Gasteiger partial charge < -0.3 is 11.5 Å². The average Bonchev–Trinajstić information content (AvgIpc) is 1.89. The van der Waals surface area contributed by atoms with Gasteiger partial charge in [0.2, 0.25) is 0 Å². The van der Waals surface area contributed by atoms with Gasteiger partial charge in [-0.3, -0.25) is 0 Å². The maximum atomic E-state index is 5.30. The van der Waals surface area contributed by atoms with Gasteiger partial charge in [0.05, 0.1) is 0 Å². The second kappa shape index (κ2) is 8.08. The zero-order valence-electron chi connectivity index (χ0n) is 7.31. The molecule has 0 spiro atoms. The summed E-state index contributed by atoms with van der Waals surface area (Å²) in [7, 11) is 0. The minimum Gasteiger partial charge on any atom is -0.402 e. The minimum atomic E-state index is 0.773. The molecule has 0 aromatic carbocycles. The van der Waals surface area contributed by atoms with E-state index in [1.807, 2.05) is 27.7 Å². The van der Waals surface area contributed by atoms with Gasteiger partial charge in [0.1, 0.15) is 0 Å². The first-order valence-corrected chi connectivity index (χ1v) is 3.49. The topological polar surface area (TPSA) is 52.0 Å². The summed E-state index contributed by atoms with van der Waals surface area (Å²) in [6.45, 7) is 7.64. The molecule has 0 saturated heterocycles. The third kappa shape index (κ3) is 15.7. The highest BCUT2D eigenvalue weighted by Crippen LogP contribution is 1.84. The zero-order chi connectivity index (χ0) is 8.57. The lowest BCUT2D eigenvalue weighted by molar-refractivity contribution is 1.28. The van der Waals surface area contributed by atoms with Gasteiger partial charge in [-0.2, -0.15) is 0 Å². The Balaban J connectivity index is 0. The van der Waals surface area contributed by atoms with Crippen LogP contribution in [0, 0.1) is 0 Å². The summed E-state index contributed by atoms with van der Waals surface area (Å²) in [5.74, 6) is 0. The molecule has 0 aliphatic rings. The third-order valence-corrected chi connectivity index (χ3v) is 0.609. The molecule has 0 bridgehead atoms. The predicted molar refractivity (Wildman–Crippen MR) is 47.2 cm³/mol. The number of allylic oxidation sites excluding steroid dienone is 4. The Morgan fingerprint density at radius 1 is 0.900 bits per heavy atom. The first-order chi connectivity index (χ1) is 4.63. The standard InChI is InChI=1S/C6H12N2.C2H6/c1-5(7)3-4-6(2)8;1-2/h3-4H,7-8H2,1-2H3;1-2H3/b5-3+,6-4+;. The molecule has 10 heavy (non-hydrogen) atoms. The molecule has 0 aromatic heterocycles. The summed E-state index contributed by atoms with van der Waals surface area (Å²) >= 11 is 0. The monoisotopic (exact) mass is 142 g/mol. The van der Waals surface area contributed by atoms with Gasteiger partial charge in [0.25, 0.3) is 0 Å².